The molecular weight excluding hydrogens is 903 g/mol. The zero-order valence-corrected chi connectivity index (χ0v) is 39.8. The Labute approximate surface area is 399 Å². The molecule has 0 aliphatic carbocycles. The van der Waals surface area contributed by atoms with Crippen molar-refractivity contribution < 1.29 is 48.3 Å². The number of carboxylic acids is 2. The molecule has 9 N–H and O–H groups in total. The third kappa shape index (κ3) is 17.7. The Hall–Kier alpha value is -5.79. The van der Waals surface area contributed by atoms with Gasteiger partial charge in [-0.05, 0) is 36.3 Å². The van der Waals surface area contributed by atoms with Gasteiger partial charge in [0.25, 0.3) is 0 Å². The van der Waals surface area contributed by atoms with Crippen molar-refractivity contribution >= 4 is 58.4 Å². The van der Waals surface area contributed by atoms with Crippen LogP contribution in [0.1, 0.15) is 55.8 Å². The fourth-order valence-corrected chi connectivity index (χ4v) is 8.30. The van der Waals surface area contributed by atoms with Gasteiger partial charge in [0, 0.05) is 64.0 Å². The number of anilines is 2. The van der Waals surface area contributed by atoms with Crippen LogP contribution in [0.15, 0.2) is 36.7 Å². The molecular formula is C44H67N13O10S. The number of benzene rings is 1. The van der Waals surface area contributed by atoms with Crippen LogP contribution in [-0.2, 0) is 54.8 Å². The zero-order valence-electron chi connectivity index (χ0n) is 39.0. The molecule has 4 heterocycles. The number of urea groups is 1. The highest BCUT2D eigenvalue weighted by Crippen LogP contribution is 2.28. The Bertz CT molecular complexity index is 2200. The van der Waals surface area contributed by atoms with Crippen molar-refractivity contribution in [2.45, 2.75) is 76.5 Å². The fourth-order valence-electron chi connectivity index (χ4n) is 7.21. The van der Waals surface area contributed by atoms with Crippen molar-refractivity contribution in [1.82, 2.24) is 50.0 Å². The van der Waals surface area contributed by atoms with Crippen molar-refractivity contribution in [2.24, 2.45) is 5.73 Å². The summed E-state index contributed by atoms with van der Waals surface area (Å²) in [4.78, 5) is 60.6. The summed E-state index contributed by atoms with van der Waals surface area (Å²) in [5, 5.41) is 34.3. The summed E-state index contributed by atoms with van der Waals surface area (Å²) in [5.41, 5.74) is 15.8. The molecule has 24 heteroatoms. The third-order valence-corrected chi connectivity index (χ3v) is 12.2. The van der Waals surface area contributed by atoms with Gasteiger partial charge in [-0.2, -0.15) is 4.98 Å². The molecule has 0 bridgehead atoms. The highest BCUT2D eigenvalue weighted by molar-refractivity contribution is 8.00. The summed E-state index contributed by atoms with van der Waals surface area (Å²) < 4.78 is 26.3. The Morgan fingerprint density at radius 1 is 0.897 bits per heavy atom. The number of hydrogen-bond donors (Lipinski definition) is 7. The number of thioether (sulfide) groups is 1. The molecule has 0 spiro atoms. The first-order chi connectivity index (χ1) is 32.9. The zero-order chi connectivity index (χ0) is 48.7. The molecule has 4 aromatic rings. The molecule has 3 amide bonds. The van der Waals surface area contributed by atoms with E-state index in [1.165, 1.54) is 0 Å². The summed E-state index contributed by atoms with van der Waals surface area (Å²) in [6.45, 7) is 10.2. The number of aromatic nitrogens is 6. The van der Waals surface area contributed by atoms with E-state index in [4.69, 9.17) is 35.5 Å². The molecule has 1 aliphatic rings. The van der Waals surface area contributed by atoms with Gasteiger partial charge in [-0.25, -0.2) is 14.5 Å². The van der Waals surface area contributed by atoms with Crippen LogP contribution in [0.3, 0.4) is 0 Å². The average Bonchev–Trinajstić information content (AvgIpc) is 3.96. The van der Waals surface area contributed by atoms with Gasteiger partial charge in [0.15, 0.2) is 5.82 Å². The standard InChI is InChI=1S/C44H67N13O10S/c1-3-4-5-10-47-40-39-35(50-43(46)51-40)8-12-56(39)29-32-7-6-31(25-36(32)64-2)28-54-13-15-55(16-14-54)44(63)48-11-18-65-20-22-67-23-21-66-19-17-57-30-33(52-53-57)27-49-38(58)26-37(42(61)62)68-24-9-34(45)41(59)60/h6-8,12,25,30,34,37H,3-5,9-11,13-24,26-29,45H2,1-2H3,(H,48,63)(H,49,58)(H,59,60)(H,61,62)(H3,46,47,50,51)/t34-,37-/m0/s1. The first-order valence-electron chi connectivity index (χ1n) is 22.9. The minimum Gasteiger partial charge on any atom is -0.496 e. The number of nitrogens with zero attached hydrogens (tertiary/aromatic N) is 8. The predicted molar refractivity (Wildman–Crippen MR) is 255 cm³/mol. The maximum absolute atomic E-state index is 12.8. The molecule has 0 saturated carbocycles. The summed E-state index contributed by atoms with van der Waals surface area (Å²) in [5.74, 6) is -0.833. The van der Waals surface area contributed by atoms with Crippen LogP contribution in [0.4, 0.5) is 16.6 Å². The minimum absolute atomic E-state index is 0.0671. The Balaban J connectivity index is 0.875. The summed E-state index contributed by atoms with van der Waals surface area (Å²) in [6.07, 6.45) is 6.79. The first-order valence-corrected chi connectivity index (χ1v) is 24.0. The Kier molecular flexibility index (Phi) is 22.3. The van der Waals surface area contributed by atoms with Gasteiger partial charge >= 0.3 is 18.0 Å². The normalized spacial score (nSPS) is 13.9. The van der Waals surface area contributed by atoms with Gasteiger partial charge in [0.1, 0.15) is 28.3 Å². The second-order valence-electron chi connectivity index (χ2n) is 16.1. The van der Waals surface area contributed by atoms with Gasteiger partial charge in [0.05, 0.1) is 78.1 Å². The number of nitrogens with two attached hydrogens (primary N) is 2. The lowest BCUT2D eigenvalue weighted by molar-refractivity contribution is -0.138. The molecule has 68 heavy (non-hydrogen) atoms. The summed E-state index contributed by atoms with van der Waals surface area (Å²) >= 11 is 0.972. The van der Waals surface area contributed by atoms with Crippen LogP contribution >= 0.6 is 11.8 Å². The Morgan fingerprint density at radius 3 is 2.37 bits per heavy atom. The molecule has 3 aromatic heterocycles. The van der Waals surface area contributed by atoms with Crippen LogP contribution in [0.5, 0.6) is 5.75 Å². The number of carbonyl (C=O) groups is 4. The maximum atomic E-state index is 12.8. The highest BCUT2D eigenvalue weighted by atomic mass is 32.2. The largest absolute Gasteiger partial charge is 0.496 e. The summed E-state index contributed by atoms with van der Waals surface area (Å²) in [6, 6.07) is 7.09. The van der Waals surface area contributed by atoms with Crippen LogP contribution in [0.2, 0.25) is 0 Å². The molecule has 1 fully saturated rings. The number of unbranched alkanes of at least 4 members (excludes halogenated alkanes) is 2. The van der Waals surface area contributed by atoms with E-state index in [1.54, 1.807) is 18.0 Å². The number of ether oxygens (including phenoxy) is 4. The second kappa shape index (κ2) is 28.5. The number of methoxy groups -OCH3 is 1. The van der Waals surface area contributed by atoms with E-state index in [0.29, 0.717) is 78.1 Å². The van der Waals surface area contributed by atoms with E-state index < -0.39 is 29.1 Å². The lowest BCUT2D eigenvalue weighted by Gasteiger charge is -2.34. The number of nitrogen functional groups attached to an aromatic ring is 1. The molecule has 0 radical (unpaired) electrons. The van der Waals surface area contributed by atoms with Crippen molar-refractivity contribution in [1.29, 1.82) is 0 Å². The molecule has 374 valence electrons. The van der Waals surface area contributed by atoms with Crippen LogP contribution in [0, 0.1) is 0 Å². The van der Waals surface area contributed by atoms with Gasteiger partial charge in [-0.3, -0.25) is 19.3 Å². The van der Waals surface area contributed by atoms with Gasteiger partial charge in [0.2, 0.25) is 11.9 Å². The van der Waals surface area contributed by atoms with E-state index in [-0.39, 0.29) is 37.1 Å². The van der Waals surface area contributed by atoms with E-state index in [2.05, 4.69) is 70.8 Å². The van der Waals surface area contributed by atoms with Crippen LogP contribution < -0.4 is 32.2 Å². The van der Waals surface area contributed by atoms with Gasteiger partial charge in [-0.1, -0.05) is 37.1 Å². The number of fused-ring (bicyclic) bond motifs is 1. The highest BCUT2D eigenvalue weighted by Gasteiger charge is 2.24. The van der Waals surface area contributed by atoms with Crippen molar-refractivity contribution in [2.75, 3.05) is 103 Å². The molecule has 5 rings (SSSR count). The number of nitrogens with one attached hydrogen (secondary N) is 3. The van der Waals surface area contributed by atoms with E-state index >= 15 is 0 Å². The molecule has 1 aromatic carbocycles. The number of hydrogen-bond acceptors (Lipinski definition) is 17. The number of piperazine rings is 1. The molecule has 2 atom stereocenters. The number of carbonyl (C=O) groups excluding carboxylic acids is 2. The van der Waals surface area contributed by atoms with Crippen molar-refractivity contribution in [3.05, 3.63) is 53.5 Å². The number of rotatable bonds is 32. The monoisotopic (exact) mass is 969 g/mol. The number of carboxylic acid groups (broad SMARTS) is 2. The fraction of sp³-hybridized carbons (Fsp3) is 0.591. The van der Waals surface area contributed by atoms with Crippen molar-refractivity contribution in [3.8, 4) is 5.75 Å². The quantitative estimate of drug-likeness (QED) is 0.0344. The van der Waals surface area contributed by atoms with Gasteiger partial charge in [-0.15, -0.1) is 16.9 Å². The van der Waals surface area contributed by atoms with Crippen molar-refractivity contribution in [3.63, 3.8) is 0 Å². The number of amides is 3. The average molecular weight is 970 g/mol. The van der Waals surface area contributed by atoms with Gasteiger partial charge < -0.3 is 66.0 Å². The topological polar surface area (TPSA) is 302 Å². The second-order valence-corrected chi connectivity index (χ2v) is 17.4. The van der Waals surface area contributed by atoms with E-state index in [1.807, 2.05) is 17.2 Å². The van der Waals surface area contributed by atoms with E-state index in [9.17, 15) is 24.3 Å². The first kappa shape index (κ1) is 53.2. The molecule has 23 nitrogen and oxygen atoms in total. The molecule has 1 saturated heterocycles. The Morgan fingerprint density at radius 2 is 1.65 bits per heavy atom. The lowest BCUT2D eigenvalue weighted by Crippen LogP contribution is -2.51. The van der Waals surface area contributed by atoms with Crippen LogP contribution in [0.25, 0.3) is 11.0 Å². The smallest absolute Gasteiger partial charge is 0.320 e. The molecule has 0 unspecified atom stereocenters. The SMILES string of the molecule is CCCCCNc1nc(N)nc2ccn(Cc3ccc(CN4CCN(C(=O)NCCOCCOCCOCCn5cc(CNC(=O)C[C@H](SCC[C@H](N)C(=O)O)C(=O)O)nn5)CC4)cc3OC)c12. The minimum atomic E-state index is -1.17. The van der Waals surface area contributed by atoms with E-state index in [0.717, 1.165) is 90.9 Å². The van der Waals surface area contributed by atoms with Crippen LogP contribution in [-0.4, -0.2) is 176 Å². The number of aliphatic carboxylic acids is 2. The predicted octanol–water partition coefficient (Wildman–Crippen LogP) is 1.84. The lowest BCUT2D eigenvalue weighted by atomic mass is 10.1. The molecule has 1 aliphatic heterocycles. The maximum Gasteiger partial charge on any atom is 0.320 e. The summed E-state index contributed by atoms with van der Waals surface area (Å²) in [7, 11) is 1.69. The third-order valence-electron chi connectivity index (χ3n) is 11.0.